The third kappa shape index (κ3) is 3.22. The lowest BCUT2D eigenvalue weighted by Gasteiger charge is -2.23. The van der Waals surface area contributed by atoms with Crippen LogP contribution in [-0.4, -0.2) is 25.1 Å². The van der Waals surface area contributed by atoms with Gasteiger partial charge in [-0.05, 0) is 51.3 Å². The molecule has 1 aliphatic carbocycles. The van der Waals surface area contributed by atoms with E-state index in [1.807, 2.05) is 13.2 Å². The van der Waals surface area contributed by atoms with Crippen LogP contribution in [0.2, 0.25) is 0 Å². The van der Waals surface area contributed by atoms with Crippen LogP contribution < -0.4 is 10.2 Å². The van der Waals surface area contributed by atoms with E-state index >= 15 is 0 Å². The largest absolute Gasteiger partial charge is 0.370 e. The van der Waals surface area contributed by atoms with E-state index in [1.165, 1.54) is 25.1 Å². The summed E-state index contributed by atoms with van der Waals surface area (Å²) >= 11 is 0. The number of aromatic nitrogens is 1. The molecule has 1 aromatic heterocycles. The van der Waals surface area contributed by atoms with Gasteiger partial charge in [-0.15, -0.1) is 0 Å². The van der Waals surface area contributed by atoms with Gasteiger partial charge in [0.25, 0.3) is 0 Å². The maximum atomic E-state index is 4.61. The van der Waals surface area contributed by atoms with Gasteiger partial charge in [-0.2, -0.15) is 0 Å². The van der Waals surface area contributed by atoms with Crippen molar-refractivity contribution in [1.29, 1.82) is 0 Å². The number of nitrogens with zero attached hydrogens (tertiary/aromatic N) is 2. The Bertz CT molecular complexity index is 353. The molecule has 1 aliphatic rings. The van der Waals surface area contributed by atoms with Crippen LogP contribution in [0.4, 0.5) is 5.69 Å². The first-order valence-corrected chi connectivity index (χ1v) is 7.16. The first kappa shape index (κ1) is 13.3. The highest BCUT2D eigenvalue weighted by molar-refractivity contribution is 5.45. The van der Waals surface area contributed by atoms with Gasteiger partial charge in [0.15, 0.2) is 0 Å². The third-order valence-electron chi connectivity index (χ3n) is 3.81. The molecule has 0 amide bonds. The smallest absolute Gasteiger partial charge is 0.0574 e. The third-order valence-corrected chi connectivity index (χ3v) is 3.81. The molecular weight excluding hydrogens is 222 g/mol. The van der Waals surface area contributed by atoms with Crippen LogP contribution in [0, 0.1) is 5.92 Å². The molecule has 18 heavy (non-hydrogen) atoms. The maximum absolute atomic E-state index is 4.61. The van der Waals surface area contributed by atoms with Crippen molar-refractivity contribution in [2.45, 2.75) is 39.2 Å². The molecule has 0 saturated heterocycles. The molecule has 1 fully saturated rings. The fraction of sp³-hybridized carbons (Fsp3) is 0.667. The van der Waals surface area contributed by atoms with Crippen LogP contribution in [0.5, 0.6) is 0 Å². The van der Waals surface area contributed by atoms with Gasteiger partial charge in [0.1, 0.15) is 0 Å². The molecule has 1 aromatic rings. The van der Waals surface area contributed by atoms with Crippen molar-refractivity contribution in [1.82, 2.24) is 10.3 Å². The Labute approximate surface area is 111 Å². The van der Waals surface area contributed by atoms with E-state index < -0.39 is 0 Å². The predicted molar refractivity (Wildman–Crippen MR) is 76.9 cm³/mol. The Balaban J connectivity index is 2.04. The number of rotatable bonds is 7. The summed E-state index contributed by atoms with van der Waals surface area (Å²) in [4.78, 5) is 7.05. The van der Waals surface area contributed by atoms with Crippen molar-refractivity contribution in [3.8, 4) is 0 Å². The quantitative estimate of drug-likeness (QED) is 0.803. The summed E-state index contributed by atoms with van der Waals surface area (Å²) in [5.74, 6) is 0.922. The van der Waals surface area contributed by atoms with Crippen LogP contribution in [-0.2, 0) is 0 Å². The van der Waals surface area contributed by atoms with Gasteiger partial charge in [0.05, 0.1) is 17.6 Å². The van der Waals surface area contributed by atoms with Crippen LogP contribution >= 0.6 is 0 Å². The highest BCUT2D eigenvalue weighted by atomic mass is 15.1. The van der Waals surface area contributed by atoms with E-state index in [4.69, 9.17) is 0 Å². The van der Waals surface area contributed by atoms with Gasteiger partial charge in [0.2, 0.25) is 0 Å². The average Bonchev–Trinajstić information content (AvgIpc) is 3.22. The second kappa shape index (κ2) is 6.19. The number of pyridine rings is 1. The van der Waals surface area contributed by atoms with Crippen LogP contribution in [0.25, 0.3) is 0 Å². The molecule has 2 rings (SSSR count). The minimum absolute atomic E-state index is 0.373. The maximum Gasteiger partial charge on any atom is 0.0574 e. The summed E-state index contributed by atoms with van der Waals surface area (Å²) in [6.45, 7) is 6.67. The van der Waals surface area contributed by atoms with Crippen molar-refractivity contribution in [3.05, 3.63) is 24.0 Å². The molecule has 0 aromatic carbocycles. The van der Waals surface area contributed by atoms with E-state index in [-0.39, 0.29) is 0 Å². The Kier molecular flexibility index (Phi) is 4.59. The Morgan fingerprint density at radius 3 is 2.61 bits per heavy atom. The summed E-state index contributed by atoms with van der Waals surface area (Å²) in [7, 11) is 2.00. The molecule has 1 atom stereocenters. The standard InChI is InChI=1S/C15H25N3/c1-4-14(16-3)15-9-8-13(10-17-15)18(5-2)11-12-6-7-12/h8-10,12,14,16H,4-7,11H2,1-3H3. The van der Waals surface area contributed by atoms with Crippen LogP contribution in [0.3, 0.4) is 0 Å². The van der Waals surface area contributed by atoms with Crippen LogP contribution in [0.15, 0.2) is 18.3 Å². The molecular formula is C15H25N3. The summed E-state index contributed by atoms with van der Waals surface area (Å²) < 4.78 is 0. The topological polar surface area (TPSA) is 28.2 Å². The lowest BCUT2D eigenvalue weighted by Crippen LogP contribution is -2.25. The summed E-state index contributed by atoms with van der Waals surface area (Å²) in [5, 5.41) is 3.30. The molecule has 0 bridgehead atoms. The second-order valence-corrected chi connectivity index (χ2v) is 5.17. The number of anilines is 1. The molecule has 1 N–H and O–H groups in total. The Hall–Kier alpha value is -1.09. The molecule has 0 aliphatic heterocycles. The SMILES string of the molecule is CCC(NC)c1ccc(N(CC)CC2CC2)cn1. The van der Waals surface area contributed by atoms with E-state index in [0.717, 1.165) is 24.6 Å². The zero-order chi connectivity index (χ0) is 13.0. The Morgan fingerprint density at radius 2 is 2.17 bits per heavy atom. The fourth-order valence-electron chi connectivity index (χ4n) is 2.38. The molecule has 100 valence electrons. The number of hydrogen-bond donors (Lipinski definition) is 1. The van der Waals surface area contributed by atoms with Gasteiger partial charge in [-0.3, -0.25) is 4.98 Å². The summed E-state index contributed by atoms with van der Waals surface area (Å²) in [5.41, 5.74) is 2.41. The molecule has 3 heteroatoms. The van der Waals surface area contributed by atoms with Crippen molar-refractivity contribution >= 4 is 5.69 Å². The van der Waals surface area contributed by atoms with Crippen molar-refractivity contribution in [2.24, 2.45) is 5.92 Å². The monoisotopic (exact) mass is 247 g/mol. The minimum Gasteiger partial charge on any atom is -0.370 e. The van der Waals surface area contributed by atoms with Crippen molar-refractivity contribution in [2.75, 3.05) is 25.0 Å². The van der Waals surface area contributed by atoms with E-state index in [9.17, 15) is 0 Å². The zero-order valence-electron chi connectivity index (χ0n) is 11.8. The van der Waals surface area contributed by atoms with Crippen LogP contribution in [0.1, 0.15) is 44.8 Å². The van der Waals surface area contributed by atoms with Gasteiger partial charge < -0.3 is 10.2 Å². The zero-order valence-corrected chi connectivity index (χ0v) is 11.8. The highest BCUT2D eigenvalue weighted by Crippen LogP contribution is 2.31. The summed E-state index contributed by atoms with van der Waals surface area (Å²) in [6, 6.07) is 4.75. The van der Waals surface area contributed by atoms with Crippen molar-refractivity contribution < 1.29 is 0 Å². The fourth-order valence-corrected chi connectivity index (χ4v) is 2.38. The predicted octanol–water partition coefficient (Wildman–Crippen LogP) is 2.99. The molecule has 0 radical (unpaired) electrons. The lowest BCUT2D eigenvalue weighted by molar-refractivity contribution is 0.561. The molecule has 1 unspecified atom stereocenters. The van der Waals surface area contributed by atoms with Gasteiger partial charge in [-0.1, -0.05) is 6.92 Å². The van der Waals surface area contributed by atoms with Crippen molar-refractivity contribution in [3.63, 3.8) is 0 Å². The second-order valence-electron chi connectivity index (χ2n) is 5.17. The average molecular weight is 247 g/mol. The lowest BCUT2D eigenvalue weighted by atomic mass is 10.1. The van der Waals surface area contributed by atoms with Gasteiger partial charge in [0, 0.05) is 19.1 Å². The van der Waals surface area contributed by atoms with Gasteiger partial charge in [-0.25, -0.2) is 0 Å². The summed E-state index contributed by atoms with van der Waals surface area (Å²) in [6.07, 6.45) is 5.91. The molecule has 3 nitrogen and oxygen atoms in total. The Morgan fingerprint density at radius 1 is 1.39 bits per heavy atom. The minimum atomic E-state index is 0.373. The van der Waals surface area contributed by atoms with Gasteiger partial charge >= 0.3 is 0 Å². The number of nitrogens with one attached hydrogen (secondary N) is 1. The number of hydrogen-bond acceptors (Lipinski definition) is 3. The molecule has 1 heterocycles. The normalized spacial score (nSPS) is 16.6. The van der Waals surface area contributed by atoms with E-state index in [1.54, 1.807) is 0 Å². The first-order chi connectivity index (χ1) is 8.78. The first-order valence-electron chi connectivity index (χ1n) is 7.16. The van der Waals surface area contributed by atoms with E-state index in [2.05, 4.69) is 41.2 Å². The highest BCUT2D eigenvalue weighted by Gasteiger charge is 2.24. The van der Waals surface area contributed by atoms with E-state index in [0.29, 0.717) is 6.04 Å². The molecule has 0 spiro atoms. The molecule has 1 saturated carbocycles.